The quantitative estimate of drug-likeness (QED) is 0.256. The number of hydrogen-bond acceptors (Lipinski definition) is 3. The minimum absolute atomic E-state index is 0. The molecular weight excluding hydrogens is 143 g/mol. The molecule has 0 fully saturated rings. The van der Waals surface area contributed by atoms with Crippen LogP contribution in [0.1, 0.15) is 6.92 Å². The third kappa shape index (κ3) is 108. The Labute approximate surface area is 91.7 Å². The van der Waals surface area contributed by atoms with Gasteiger partial charge in [0.25, 0.3) is 0 Å². The molecule has 7 heavy (non-hydrogen) atoms. The number of carbonyl (C=O) groups is 1. The van der Waals surface area contributed by atoms with Crippen LogP contribution in [-0.4, -0.2) is 11.4 Å². The third-order valence-electron chi connectivity index (χ3n) is 0. The van der Waals surface area contributed by atoms with Gasteiger partial charge in [-0.05, 0) is 6.92 Å². The first-order chi connectivity index (χ1) is 1.73. The number of aliphatic carboxylic acids is 1. The molecule has 0 unspecified atom stereocenters. The molecule has 3 nitrogen and oxygen atoms in total. The molecule has 0 radical (unpaired) electrons. The standard InChI is InChI=1S/C2H4O2.K.H2O.H2S/c1-2(3)4;;;/h1H3,(H,3,4);;2*1H2/q;+1;;/p-1. The molecule has 0 spiro atoms. The van der Waals surface area contributed by atoms with Gasteiger partial charge in [0, 0.05) is 5.97 Å². The van der Waals surface area contributed by atoms with Gasteiger partial charge in [0.05, 0.1) is 0 Å². The molecule has 0 saturated carbocycles. The normalized spacial score (nSPS) is 3.57. The van der Waals surface area contributed by atoms with Crippen LogP contribution in [-0.2, 0) is 18.3 Å². The van der Waals surface area contributed by atoms with Gasteiger partial charge in [-0.25, -0.2) is 0 Å². The van der Waals surface area contributed by atoms with E-state index in [1.165, 1.54) is 0 Å². The summed E-state index contributed by atoms with van der Waals surface area (Å²) in [6.45, 7) is 0.972. The van der Waals surface area contributed by atoms with Crippen molar-refractivity contribution in [1.82, 2.24) is 0 Å². The summed E-state index contributed by atoms with van der Waals surface area (Å²) in [5, 5.41) is 8.89. The largest absolute Gasteiger partial charge is 1.00 e. The summed E-state index contributed by atoms with van der Waals surface area (Å²) in [5.41, 5.74) is 0. The molecule has 0 aromatic rings. The fraction of sp³-hybridized carbons (Fsp3) is 0.500. The van der Waals surface area contributed by atoms with Crippen molar-refractivity contribution in [3.8, 4) is 0 Å². The Hall–Kier alpha value is 1.42. The van der Waals surface area contributed by atoms with Gasteiger partial charge in [0.2, 0.25) is 0 Å². The molecule has 0 aliphatic heterocycles. The number of carbonyl (C=O) groups excluding carboxylic acids is 1. The van der Waals surface area contributed by atoms with Crippen LogP contribution in [0.4, 0.5) is 0 Å². The molecule has 1 N–H and O–H groups in total. The Morgan fingerprint density at radius 1 is 1.57 bits per heavy atom. The van der Waals surface area contributed by atoms with E-state index >= 15 is 0 Å². The first-order valence-electron chi connectivity index (χ1n) is 0.908. The van der Waals surface area contributed by atoms with Gasteiger partial charge in [-0.2, -0.15) is 0 Å². The summed E-state index contributed by atoms with van der Waals surface area (Å²) in [7, 11) is 0. The van der Waals surface area contributed by atoms with E-state index in [9.17, 15) is 0 Å². The van der Waals surface area contributed by atoms with Crippen LogP contribution in [0, 0.1) is 0 Å². The number of rotatable bonds is 0. The fourth-order valence-corrected chi connectivity index (χ4v) is 0. The number of carboxylic acids is 1. The van der Waals surface area contributed by atoms with Crippen molar-refractivity contribution < 1.29 is 66.8 Å². The van der Waals surface area contributed by atoms with E-state index < -0.39 is 5.97 Å². The molecule has 0 amide bonds. The summed E-state index contributed by atoms with van der Waals surface area (Å²) >= 11 is 0. The van der Waals surface area contributed by atoms with E-state index in [-0.39, 0.29) is 70.4 Å². The van der Waals surface area contributed by atoms with Crippen LogP contribution in [0.3, 0.4) is 0 Å². The molecule has 40 valence electrons. The van der Waals surface area contributed by atoms with Crippen molar-refractivity contribution >= 4 is 19.5 Å². The van der Waals surface area contributed by atoms with E-state index in [2.05, 4.69) is 0 Å². The number of carboxylic acid groups (broad SMARTS) is 1. The zero-order valence-corrected chi connectivity index (χ0v) is 8.62. The topological polar surface area (TPSA) is 70.1 Å². The zero-order valence-electron chi connectivity index (χ0n) is 4.34. The molecule has 0 aliphatic carbocycles. The van der Waals surface area contributed by atoms with Crippen LogP contribution in [0.15, 0.2) is 0 Å². The molecule has 0 atom stereocenters. The maximum atomic E-state index is 8.89. The van der Waals surface area contributed by atoms with Crippen molar-refractivity contribution in [2.75, 3.05) is 0 Å². The molecule has 0 aromatic carbocycles. The molecule has 0 aromatic heterocycles. The average molecular weight is 150 g/mol. The first kappa shape index (κ1) is 23.7. The van der Waals surface area contributed by atoms with E-state index in [1.54, 1.807) is 0 Å². The summed E-state index contributed by atoms with van der Waals surface area (Å²) < 4.78 is 0. The molecule has 0 aliphatic rings. The Morgan fingerprint density at radius 3 is 1.57 bits per heavy atom. The second-order valence-corrected chi connectivity index (χ2v) is 0.492. The molecule has 0 saturated heterocycles. The van der Waals surface area contributed by atoms with Crippen molar-refractivity contribution in [2.24, 2.45) is 0 Å². The van der Waals surface area contributed by atoms with Gasteiger partial charge in [-0.1, -0.05) is 13.5 Å². The predicted molar refractivity (Wildman–Crippen MR) is 24.2 cm³/mol. The molecular formula is C2H7KO3S. The van der Waals surface area contributed by atoms with Crippen molar-refractivity contribution in [3.05, 3.63) is 0 Å². The van der Waals surface area contributed by atoms with Crippen molar-refractivity contribution in [3.63, 3.8) is 0 Å². The monoisotopic (exact) mass is 150 g/mol. The SMILES string of the molecule is CC(=O)[O-].[K+].[OH-].[SH3+]. The van der Waals surface area contributed by atoms with Gasteiger partial charge in [0.15, 0.2) is 0 Å². The summed E-state index contributed by atoms with van der Waals surface area (Å²) in [4.78, 5) is 8.89. The summed E-state index contributed by atoms with van der Waals surface area (Å²) in [6.07, 6.45) is 0. The minimum Gasteiger partial charge on any atom is -0.870 e. The molecule has 0 rings (SSSR count). The van der Waals surface area contributed by atoms with Crippen molar-refractivity contribution in [1.29, 1.82) is 0 Å². The summed E-state index contributed by atoms with van der Waals surface area (Å²) in [6, 6.07) is 0. The second kappa shape index (κ2) is 15.7. The van der Waals surface area contributed by atoms with E-state index in [0.29, 0.717) is 0 Å². The third-order valence-corrected chi connectivity index (χ3v) is 0. The molecule has 5 heteroatoms. The van der Waals surface area contributed by atoms with Crippen LogP contribution in [0.5, 0.6) is 0 Å². The van der Waals surface area contributed by atoms with E-state index in [4.69, 9.17) is 9.90 Å². The number of hydrogen-bond donors (Lipinski definition) is 0. The molecule has 0 heterocycles. The molecule has 0 bridgehead atoms. The fourth-order valence-electron chi connectivity index (χ4n) is 0. The Balaban J connectivity index is -0.0000000150. The van der Waals surface area contributed by atoms with Crippen molar-refractivity contribution in [2.45, 2.75) is 6.92 Å². The van der Waals surface area contributed by atoms with E-state index in [1.807, 2.05) is 0 Å². The maximum Gasteiger partial charge on any atom is 1.00 e. The Bertz CT molecular complexity index is 35.9. The zero-order chi connectivity index (χ0) is 3.58. The van der Waals surface area contributed by atoms with Crippen LogP contribution in [0.2, 0.25) is 0 Å². The van der Waals surface area contributed by atoms with E-state index in [0.717, 1.165) is 6.92 Å². The Morgan fingerprint density at radius 2 is 1.57 bits per heavy atom. The average Bonchev–Trinajstić information content (AvgIpc) is 0.811. The predicted octanol–water partition coefficient (Wildman–Crippen LogP) is -5.22. The minimum atomic E-state index is -1.08. The van der Waals surface area contributed by atoms with Crippen LogP contribution in [0.25, 0.3) is 0 Å². The maximum absolute atomic E-state index is 8.89. The van der Waals surface area contributed by atoms with Gasteiger partial charge in [-0.15, -0.1) is 0 Å². The smallest absolute Gasteiger partial charge is 0.870 e. The van der Waals surface area contributed by atoms with Gasteiger partial charge in [0.1, 0.15) is 0 Å². The van der Waals surface area contributed by atoms with Gasteiger partial charge >= 0.3 is 51.4 Å². The second-order valence-electron chi connectivity index (χ2n) is 0.492. The van der Waals surface area contributed by atoms with Gasteiger partial charge < -0.3 is 15.4 Å². The first-order valence-corrected chi connectivity index (χ1v) is 0.908. The van der Waals surface area contributed by atoms with Crippen LogP contribution >= 0.6 is 0 Å². The summed E-state index contributed by atoms with van der Waals surface area (Å²) in [5.74, 6) is -1.08. The Kier molecular flexibility index (Phi) is 53.1. The van der Waals surface area contributed by atoms with Gasteiger partial charge in [-0.3, -0.25) is 0 Å². The van der Waals surface area contributed by atoms with Crippen LogP contribution < -0.4 is 56.5 Å².